The molecule has 602 valence electrons. The molecule has 16 nitrogen and oxygen atoms in total. The summed E-state index contributed by atoms with van der Waals surface area (Å²) in [5.41, 5.74) is 0. The largest absolute Gasteiger partial charge is 0.472 e. The topological polar surface area (TPSA) is 231 Å². The number of allylic oxidation sites excluding steroid dienone is 24. The second-order valence-corrected chi connectivity index (χ2v) is 30.1. The zero-order chi connectivity index (χ0) is 76.6. The summed E-state index contributed by atoms with van der Waals surface area (Å²) in [5.74, 6) is -1.59. The van der Waals surface area contributed by atoms with E-state index < -0.39 is 91.5 Å². The number of unbranched alkanes of at least 4 members (excludes halogenated alkanes) is 30. The van der Waals surface area contributed by atoms with E-state index in [1.54, 1.807) is 0 Å². The highest BCUT2D eigenvalue weighted by atomic mass is 31.2. The van der Waals surface area contributed by atoms with Crippen LogP contribution in [0.1, 0.15) is 329 Å². The maximum Gasteiger partial charge on any atom is 0.472 e. The summed E-state index contributed by atoms with van der Waals surface area (Å²) in [4.78, 5) is 58.7. The van der Waals surface area contributed by atoms with Crippen LogP contribution in [0.25, 0.3) is 0 Å². The number of phosphoric acid groups is 2. The van der Waals surface area contributed by atoms with Crippen molar-refractivity contribution in [2.75, 3.05) is 39.6 Å². The van der Waals surface area contributed by atoms with E-state index in [0.29, 0.717) is 19.3 Å². The molecule has 0 aromatic heterocycles. The van der Waals surface area contributed by atoms with Crippen LogP contribution in [-0.4, -0.2) is 95.9 Å². The van der Waals surface area contributed by atoms with Gasteiger partial charge < -0.3 is 34.2 Å². The van der Waals surface area contributed by atoms with Gasteiger partial charge in [0.15, 0.2) is 6.10 Å². The van der Waals surface area contributed by atoms with E-state index in [0.717, 1.165) is 173 Å². The number of aliphatic hydroxyl groups excluding tert-OH is 2. The normalized spacial score (nSPS) is 14.7. The van der Waals surface area contributed by atoms with Gasteiger partial charge in [-0.25, -0.2) is 9.13 Å². The first-order valence-corrected chi connectivity index (χ1v) is 44.1. The predicted octanol–water partition coefficient (Wildman–Crippen LogP) is 24.4. The van der Waals surface area contributed by atoms with Crippen LogP contribution in [-0.2, 0) is 55.8 Å². The van der Waals surface area contributed by atoms with Crippen LogP contribution in [0, 0.1) is 0 Å². The molecule has 105 heavy (non-hydrogen) atoms. The van der Waals surface area contributed by atoms with Crippen LogP contribution in [0.3, 0.4) is 0 Å². The lowest BCUT2D eigenvalue weighted by atomic mass is 10.0. The molecule has 0 heterocycles. The molecule has 0 aliphatic rings. The Balaban J connectivity index is 4.51. The van der Waals surface area contributed by atoms with E-state index in [1.165, 1.54) is 96.3 Å². The molecule has 0 saturated heterocycles. The van der Waals surface area contributed by atoms with Crippen LogP contribution in [0.15, 0.2) is 146 Å². The highest BCUT2D eigenvalue weighted by molar-refractivity contribution is 7.47. The first kappa shape index (κ1) is 100. The lowest BCUT2D eigenvalue weighted by Gasteiger charge is -2.21. The van der Waals surface area contributed by atoms with Gasteiger partial charge in [-0.3, -0.25) is 32.5 Å². The van der Waals surface area contributed by atoms with Crippen molar-refractivity contribution >= 4 is 33.6 Å². The molecule has 4 N–H and O–H groups in total. The fourth-order valence-corrected chi connectivity index (χ4v) is 12.4. The maximum absolute atomic E-state index is 13.0. The quantitative estimate of drug-likeness (QED) is 0.0146. The summed E-state index contributed by atoms with van der Waals surface area (Å²) in [6, 6.07) is 0. The molecular formula is C87H148O16P2. The number of ether oxygens (including phenoxy) is 3. The average Bonchev–Trinajstić information content (AvgIpc) is 0.913. The Hall–Kier alpha value is -4.57. The average molecular weight is 1510 g/mol. The van der Waals surface area contributed by atoms with Crippen molar-refractivity contribution in [1.82, 2.24) is 0 Å². The van der Waals surface area contributed by atoms with Crippen molar-refractivity contribution in [3.63, 3.8) is 0 Å². The molecule has 0 aliphatic carbocycles. The van der Waals surface area contributed by atoms with E-state index >= 15 is 0 Å². The number of carbonyl (C=O) groups is 3. The molecule has 5 atom stereocenters. The molecule has 18 heteroatoms. The molecule has 0 radical (unpaired) electrons. The lowest BCUT2D eigenvalue weighted by molar-refractivity contribution is -0.161. The second-order valence-electron chi connectivity index (χ2n) is 27.2. The number of hydrogen-bond acceptors (Lipinski definition) is 14. The van der Waals surface area contributed by atoms with Gasteiger partial charge in [-0.15, -0.1) is 0 Å². The van der Waals surface area contributed by atoms with Gasteiger partial charge in [0.05, 0.1) is 26.4 Å². The lowest BCUT2D eigenvalue weighted by Crippen LogP contribution is -2.30. The Labute approximate surface area is 638 Å². The summed E-state index contributed by atoms with van der Waals surface area (Å²) in [7, 11) is -9.80. The molecular weight excluding hydrogens is 1360 g/mol. The van der Waals surface area contributed by atoms with E-state index in [4.69, 9.17) is 32.3 Å². The standard InChI is InChI=1S/C87H148O16P2/c1-4-7-10-13-16-19-22-25-27-29-31-33-35-37-39-40-42-44-45-47-49-51-53-56-58-61-64-67-70-73-85(90)97-76-82(88)77-99-104(93,94)100-78-83(89)79-101-105(95,96)102-81-84(103-87(92)75-72-69-66-63-60-55-24-21-18-15-12-9-6-3)80-98-86(91)74-71-68-65-62-59-57-54-52-50-48-46-43-41-38-36-34-32-30-28-26-23-20-17-14-11-8-5-2/h7-8,10-11,16-17,19-21,24-28,31-34,37-39,41,46,48,82-84,88-89H,4-6,9,12-15,18,22-23,29-30,35-36,40,42-45,47,49-81H2,1-3H3,(H,93,94)(H,95,96)/b10-7-,11-8-,19-16-,20-17-,24-21-,27-25-,28-26-,33-31-,34-32-,39-37-,41-38-,48-46-. The van der Waals surface area contributed by atoms with Gasteiger partial charge in [-0.05, 0) is 141 Å². The number of rotatable bonds is 77. The SMILES string of the molecule is CC/C=C\C/C=C\C/C=C\C/C=C\C/C=C\C/C=C\CCCCCCCCCCC(=O)OCC(COP(=O)(O)OCC(O)COP(=O)(O)OCC(O)COC(=O)CCCCCCCCCCCCCCC/C=C\C/C=C\C/C=C\C/C=C\C/C=C\CC)OC(=O)CCCCCCC/C=C\CCCCCC. The molecule has 0 saturated carbocycles. The summed E-state index contributed by atoms with van der Waals surface area (Å²) in [6.07, 6.45) is 97.6. The molecule has 0 aromatic rings. The van der Waals surface area contributed by atoms with Gasteiger partial charge in [0, 0.05) is 19.3 Å². The van der Waals surface area contributed by atoms with Gasteiger partial charge in [-0.1, -0.05) is 314 Å². The van der Waals surface area contributed by atoms with Gasteiger partial charge in [0.2, 0.25) is 0 Å². The monoisotopic (exact) mass is 1510 g/mol. The van der Waals surface area contributed by atoms with Gasteiger partial charge in [0.1, 0.15) is 25.4 Å². The van der Waals surface area contributed by atoms with Crippen LogP contribution in [0.5, 0.6) is 0 Å². The molecule has 0 bridgehead atoms. The third kappa shape index (κ3) is 80.3. The number of carbonyl (C=O) groups excluding carboxylic acids is 3. The number of esters is 3. The molecule has 0 amide bonds. The van der Waals surface area contributed by atoms with Gasteiger partial charge in [0.25, 0.3) is 0 Å². The van der Waals surface area contributed by atoms with E-state index in [2.05, 4.69) is 167 Å². The molecule has 0 rings (SSSR count). The molecule has 0 spiro atoms. The van der Waals surface area contributed by atoms with Crippen molar-refractivity contribution < 1.29 is 75.8 Å². The molecule has 0 aliphatic heterocycles. The van der Waals surface area contributed by atoms with Gasteiger partial charge >= 0.3 is 33.6 Å². The molecule has 0 aromatic carbocycles. The van der Waals surface area contributed by atoms with Crippen molar-refractivity contribution in [1.29, 1.82) is 0 Å². The fraction of sp³-hybridized carbons (Fsp3) is 0.690. The summed E-state index contributed by atoms with van der Waals surface area (Å²) < 4.78 is 61.2. The zero-order valence-corrected chi connectivity index (χ0v) is 67.6. The minimum Gasteiger partial charge on any atom is -0.463 e. The van der Waals surface area contributed by atoms with Gasteiger partial charge in [-0.2, -0.15) is 0 Å². The first-order chi connectivity index (χ1) is 51.2. The summed E-state index contributed by atoms with van der Waals surface area (Å²) in [5, 5.41) is 20.7. The van der Waals surface area contributed by atoms with E-state index in [1.807, 2.05) is 0 Å². The van der Waals surface area contributed by atoms with Crippen LogP contribution in [0.2, 0.25) is 0 Å². The number of hydrogen-bond donors (Lipinski definition) is 4. The minimum absolute atomic E-state index is 0.0900. The van der Waals surface area contributed by atoms with Crippen molar-refractivity contribution in [2.45, 2.75) is 347 Å². The maximum atomic E-state index is 13.0. The summed E-state index contributed by atoms with van der Waals surface area (Å²) >= 11 is 0. The summed E-state index contributed by atoms with van der Waals surface area (Å²) in [6.45, 7) is 2.43. The van der Waals surface area contributed by atoms with Crippen molar-refractivity contribution in [2.24, 2.45) is 0 Å². The Morgan fingerprint density at radius 1 is 0.276 bits per heavy atom. The Kier molecular flexibility index (Phi) is 75.6. The van der Waals surface area contributed by atoms with Crippen LogP contribution in [0.4, 0.5) is 0 Å². The van der Waals surface area contributed by atoms with E-state index in [-0.39, 0.29) is 19.3 Å². The fourth-order valence-electron chi connectivity index (χ4n) is 10.8. The highest BCUT2D eigenvalue weighted by Crippen LogP contribution is 2.45. The second kappa shape index (κ2) is 79.0. The zero-order valence-electron chi connectivity index (χ0n) is 65.9. The predicted molar refractivity (Wildman–Crippen MR) is 436 cm³/mol. The third-order valence-electron chi connectivity index (χ3n) is 17.0. The van der Waals surface area contributed by atoms with Crippen molar-refractivity contribution in [3.8, 4) is 0 Å². The third-order valence-corrected chi connectivity index (χ3v) is 18.9. The van der Waals surface area contributed by atoms with Crippen LogP contribution >= 0.6 is 15.6 Å². The Bertz CT molecular complexity index is 2490. The Morgan fingerprint density at radius 3 is 0.810 bits per heavy atom. The first-order valence-electron chi connectivity index (χ1n) is 41.1. The molecule has 5 unspecified atom stereocenters. The number of phosphoric ester groups is 2. The number of aliphatic hydroxyl groups is 2. The van der Waals surface area contributed by atoms with Crippen LogP contribution < -0.4 is 0 Å². The minimum atomic E-state index is -4.94. The highest BCUT2D eigenvalue weighted by Gasteiger charge is 2.29. The Morgan fingerprint density at radius 2 is 0.505 bits per heavy atom. The van der Waals surface area contributed by atoms with Crippen molar-refractivity contribution in [3.05, 3.63) is 146 Å². The smallest absolute Gasteiger partial charge is 0.463 e. The molecule has 0 fully saturated rings. The van der Waals surface area contributed by atoms with E-state index in [9.17, 15) is 43.5 Å².